The predicted molar refractivity (Wildman–Crippen MR) is 42.1 cm³/mol. The topological polar surface area (TPSA) is 49.3 Å². The fraction of sp³-hybridized carbons (Fsp3) is 0.875. The molecule has 2 N–H and O–H groups in total. The second-order valence-electron chi connectivity index (χ2n) is 3.61. The summed E-state index contributed by atoms with van der Waals surface area (Å²) in [4.78, 5) is 10.9. The van der Waals surface area contributed by atoms with Crippen LogP contribution in [-0.2, 0) is 4.79 Å². The maximum Gasteiger partial charge on any atom is 0.254 e. The number of hydrogen-bond acceptors (Lipinski definition) is 2. The molecule has 0 aliphatic carbocycles. The molecule has 1 rings (SSSR count). The minimum absolute atomic E-state index is 0.256. The Kier molecular flexibility index (Phi) is 1.71. The maximum absolute atomic E-state index is 10.9. The van der Waals surface area contributed by atoms with Gasteiger partial charge in [0.25, 0.3) is 5.91 Å². The van der Waals surface area contributed by atoms with Gasteiger partial charge in [-0.15, -0.1) is 0 Å². The third kappa shape index (κ3) is 0.948. The summed E-state index contributed by atoms with van der Waals surface area (Å²) >= 11 is 0. The lowest BCUT2D eigenvalue weighted by atomic mass is 9.71. The van der Waals surface area contributed by atoms with Crippen molar-refractivity contribution in [1.82, 2.24) is 5.32 Å². The third-order valence-electron chi connectivity index (χ3n) is 2.66. The van der Waals surface area contributed by atoms with Crippen LogP contribution in [0.15, 0.2) is 0 Å². The standard InChI is InChI=1S/C8H15NO2/c1-4-5-7(2)8(3,11)6(10)9-7/h11H,4-5H2,1-3H3,(H,9,10)/t7-,8+/m1/s1. The van der Waals surface area contributed by atoms with Crippen LogP contribution in [0, 0.1) is 0 Å². The molecule has 1 amide bonds. The molecule has 2 atom stereocenters. The molecule has 1 aliphatic heterocycles. The van der Waals surface area contributed by atoms with E-state index in [1.54, 1.807) is 6.92 Å². The minimum atomic E-state index is -1.16. The van der Waals surface area contributed by atoms with Crippen molar-refractivity contribution < 1.29 is 9.90 Å². The zero-order valence-electron chi connectivity index (χ0n) is 7.27. The van der Waals surface area contributed by atoms with Gasteiger partial charge in [-0.2, -0.15) is 0 Å². The summed E-state index contributed by atoms with van der Waals surface area (Å²) < 4.78 is 0. The molecule has 0 aromatic carbocycles. The second kappa shape index (κ2) is 2.21. The van der Waals surface area contributed by atoms with Crippen molar-refractivity contribution in [2.45, 2.75) is 44.8 Å². The van der Waals surface area contributed by atoms with E-state index >= 15 is 0 Å². The molecule has 3 nitrogen and oxygen atoms in total. The zero-order valence-corrected chi connectivity index (χ0v) is 7.27. The highest BCUT2D eigenvalue weighted by molar-refractivity contribution is 5.93. The molecule has 64 valence electrons. The van der Waals surface area contributed by atoms with Crippen LogP contribution in [0.4, 0.5) is 0 Å². The molecule has 11 heavy (non-hydrogen) atoms. The van der Waals surface area contributed by atoms with Crippen molar-refractivity contribution in [3.8, 4) is 0 Å². The Morgan fingerprint density at radius 2 is 2.09 bits per heavy atom. The molecule has 0 bridgehead atoms. The van der Waals surface area contributed by atoms with Gasteiger partial charge in [0.15, 0.2) is 5.60 Å². The van der Waals surface area contributed by atoms with Gasteiger partial charge >= 0.3 is 0 Å². The van der Waals surface area contributed by atoms with Crippen LogP contribution in [0.1, 0.15) is 33.6 Å². The van der Waals surface area contributed by atoms with Gasteiger partial charge in [0.2, 0.25) is 0 Å². The predicted octanol–water partition coefficient (Wildman–Crippen LogP) is 0.426. The van der Waals surface area contributed by atoms with Crippen LogP contribution in [-0.4, -0.2) is 22.2 Å². The first-order chi connectivity index (χ1) is 4.94. The summed E-state index contributed by atoms with van der Waals surface area (Å²) in [5.41, 5.74) is -1.57. The van der Waals surface area contributed by atoms with Gasteiger partial charge in [-0.3, -0.25) is 4.79 Å². The van der Waals surface area contributed by atoms with E-state index in [4.69, 9.17) is 0 Å². The number of aliphatic hydroxyl groups is 1. The first-order valence-corrected chi connectivity index (χ1v) is 3.99. The lowest BCUT2D eigenvalue weighted by Gasteiger charge is -2.51. The van der Waals surface area contributed by atoms with E-state index < -0.39 is 11.1 Å². The Balaban J connectivity index is 2.70. The van der Waals surface area contributed by atoms with Crippen molar-refractivity contribution in [3.05, 3.63) is 0 Å². The smallest absolute Gasteiger partial charge is 0.254 e. The van der Waals surface area contributed by atoms with Gasteiger partial charge in [0.1, 0.15) is 0 Å². The highest BCUT2D eigenvalue weighted by atomic mass is 16.3. The number of amides is 1. The first-order valence-electron chi connectivity index (χ1n) is 3.99. The maximum atomic E-state index is 10.9. The van der Waals surface area contributed by atoms with Gasteiger partial charge in [0, 0.05) is 0 Å². The second-order valence-corrected chi connectivity index (χ2v) is 3.61. The Morgan fingerprint density at radius 1 is 1.55 bits per heavy atom. The molecule has 1 aliphatic rings. The zero-order chi connectivity index (χ0) is 8.70. The Bertz CT molecular complexity index is 189. The number of carbonyl (C=O) groups excluding carboxylic acids is 1. The van der Waals surface area contributed by atoms with E-state index in [2.05, 4.69) is 5.32 Å². The lowest BCUT2D eigenvalue weighted by Crippen LogP contribution is -2.78. The van der Waals surface area contributed by atoms with Crippen molar-refractivity contribution in [2.24, 2.45) is 0 Å². The van der Waals surface area contributed by atoms with Crippen LogP contribution >= 0.6 is 0 Å². The number of hydrogen-bond donors (Lipinski definition) is 2. The average molecular weight is 157 g/mol. The summed E-state index contributed by atoms with van der Waals surface area (Å²) in [5.74, 6) is -0.256. The highest BCUT2D eigenvalue weighted by Crippen LogP contribution is 2.34. The molecular formula is C8H15NO2. The molecule has 0 unspecified atom stereocenters. The molecule has 0 aromatic heterocycles. The third-order valence-corrected chi connectivity index (χ3v) is 2.66. The van der Waals surface area contributed by atoms with Crippen LogP contribution in [0.3, 0.4) is 0 Å². The van der Waals surface area contributed by atoms with Gasteiger partial charge < -0.3 is 10.4 Å². The molecular weight excluding hydrogens is 142 g/mol. The summed E-state index contributed by atoms with van der Waals surface area (Å²) in [7, 11) is 0. The first kappa shape index (κ1) is 8.53. The van der Waals surface area contributed by atoms with Crippen molar-refractivity contribution in [2.75, 3.05) is 0 Å². The fourth-order valence-electron chi connectivity index (χ4n) is 1.49. The monoisotopic (exact) mass is 157 g/mol. The highest BCUT2D eigenvalue weighted by Gasteiger charge is 2.58. The van der Waals surface area contributed by atoms with Crippen molar-refractivity contribution >= 4 is 5.91 Å². The Morgan fingerprint density at radius 3 is 2.36 bits per heavy atom. The molecule has 0 saturated carbocycles. The van der Waals surface area contributed by atoms with Crippen molar-refractivity contribution in [1.29, 1.82) is 0 Å². The number of carbonyl (C=O) groups is 1. The number of nitrogens with one attached hydrogen (secondary N) is 1. The van der Waals surface area contributed by atoms with Crippen molar-refractivity contribution in [3.63, 3.8) is 0 Å². The van der Waals surface area contributed by atoms with E-state index in [9.17, 15) is 9.90 Å². The minimum Gasteiger partial charge on any atom is -0.378 e. The quantitative estimate of drug-likeness (QED) is 0.571. The molecule has 0 radical (unpaired) electrons. The largest absolute Gasteiger partial charge is 0.378 e. The van der Waals surface area contributed by atoms with Gasteiger partial charge in [-0.25, -0.2) is 0 Å². The Hall–Kier alpha value is -0.570. The van der Waals surface area contributed by atoms with Gasteiger partial charge in [0.05, 0.1) is 5.54 Å². The summed E-state index contributed by atoms with van der Waals surface area (Å²) in [5, 5.41) is 12.3. The summed E-state index contributed by atoms with van der Waals surface area (Å²) in [6.07, 6.45) is 1.79. The molecule has 1 heterocycles. The number of β-lactam (4-membered cyclic amide) rings is 1. The van der Waals surface area contributed by atoms with E-state index in [0.717, 1.165) is 12.8 Å². The molecule has 1 fully saturated rings. The van der Waals surface area contributed by atoms with E-state index in [1.165, 1.54) is 0 Å². The summed E-state index contributed by atoms with van der Waals surface area (Å²) in [6, 6.07) is 0. The molecule has 0 aromatic rings. The SMILES string of the molecule is CCC[C@@]1(C)NC(=O)[C@]1(C)O. The number of rotatable bonds is 2. The fourth-order valence-corrected chi connectivity index (χ4v) is 1.49. The normalized spacial score (nSPS) is 43.1. The average Bonchev–Trinajstić information content (AvgIpc) is 1.88. The van der Waals surface area contributed by atoms with Gasteiger partial charge in [-0.1, -0.05) is 13.3 Å². The van der Waals surface area contributed by atoms with Crippen LogP contribution < -0.4 is 5.32 Å². The van der Waals surface area contributed by atoms with E-state index in [1.807, 2.05) is 13.8 Å². The van der Waals surface area contributed by atoms with Crippen LogP contribution in [0.5, 0.6) is 0 Å². The van der Waals surface area contributed by atoms with Crippen LogP contribution in [0.2, 0.25) is 0 Å². The van der Waals surface area contributed by atoms with E-state index in [0.29, 0.717) is 0 Å². The lowest BCUT2D eigenvalue weighted by molar-refractivity contribution is -0.171. The van der Waals surface area contributed by atoms with Gasteiger partial charge in [-0.05, 0) is 20.3 Å². The van der Waals surface area contributed by atoms with E-state index in [-0.39, 0.29) is 5.91 Å². The summed E-state index contributed by atoms with van der Waals surface area (Å²) in [6.45, 7) is 5.48. The Labute approximate surface area is 66.8 Å². The molecule has 3 heteroatoms. The molecule has 0 spiro atoms. The molecule has 1 saturated heterocycles. The van der Waals surface area contributed by atoms with Crippen LogP contribution in [0.25, 0.3) is 0 Å².